The highest BCUT2D eigenvalue weighted by molar-refractivity contribution is 7.11. The molecule has 0 saturated heterocycles. The molecule has 0 aliphatic rings. The predicted octanol–water partition coefficient (Wildman–Crippen LogP) is 2.16. The largest absolute Gasteiger partial charge is 0.486 e. The molecule has 2 heterocycles. The van der Waals surface area contributed by atoms with Crippen LogP contribution in [0.2, 0.25) is 0 Å². The van der Waals surface area contributed by atoms with Crippen LogP contribution in [-0.2, 0) is 17.9 Å². The summed E-state index contributed by atoms with van der Waals surface area (Å²) in [5.74, 6) is 0.775. The van der Waals surface area contributed by atoms with Crippen LogP contribution in [0.5, 0.6) is 5.75 Å². The predicted molar refractivity (Wildman–Crippen MR) is 79.0 cm³/mol. The van der Waals surface area contributed by atoms with Gasteiger partial charge in [-0.1, -0.05) is 0 Å². The van der Waals surface area contributed by atoms with Gasteiger partial charge in [-0.15, -0.1) is 11.3 Å². The van der Waals surface area contributed by atoms with Crippen molar-refractivity contribution in [2.24, 2.45) is 0 Å². The Morgan fingerprint density at radius 1 is 1.25 bits per heavy atom. The Hall–Kier alpha value is -1.50. The fraction of sp³-hybridized carbons (Fsp3) is 0.429. The fourth-order valence-corrected chi connectivity index (χ4v) is 2.33. The summed E-state index contributed by atoms with van der Waals surface area (Å²) in [6.45, 7) is 4.79. The van der Waals surface area contributed by atoms with Gasteiger partial charge in [-0.2, -0.15) is 0 Å². The van der Waals surface area contributed by atoms with Gasteiger partial charge in [0.05, 0.1) is 28.4 Å². The maximum absolute atomic E-state index is 5.67. The van der Waals surface area contributed by atoms with E-state index in [-0.39, 0.29) is 0 Å². The van der Waals surface area contributed by atoms with Crippen LogP contribution < -0.4 is 10.1 Å². The monoisotopic (exact) mass is 293 g/mol. The summed E-state index contributed by atoms with van der Waals surface area (Å²) >= 11 is 1.65. The Kier molecular flexibility index (Phi) is 5.91. The van der Waals surface area contributed by atoms with Crippen molar-refractivity contribution in [1.29, 1.82) is 0 Å². The number of hydrogen-bond donors (Lipinski definition) is 1. The van der Waals surface area contributed by atoms with E-state index in [2.05, 4.69) is 15.3 Å². The van der Waals surface area contributed by atoms with Crippen molar-refractivity contribution in [3.63, 3.8) is 0 Å². The molecule has 6 heteroatoms. The van der Waals surface area contributed by atoms with Gasteiger partial charge in [0.15, 0.2) is 0 Å². The number of pyridine rings is 1. The molecule has 0 spiro atoms. The normalized spacial score (nSPS) is 10.7. The van der Waals surface area contributed by atoms with Gasteiger partial charge in [0.25, 0.3) is 0 Å². The maximum Gasteiger partial charge on any atom is 0.138 e. The first kappa shape index (κ1) is 14.9. The number of methoxy groups -OCH3 is 1. The third kappa shape index (κ3) is 4.88. The summed E-state index contributed by atoms with van der Waals surface area (Å²) in [6, 6.07) is 3.90. The van der Waals surface area contributed by atoms with Crippen LogP contribution in [0.15, 0.2) is 24.5 Å². The van der Waals surface area contributed by atoms with Crippen molar-refractivity contribution < 1.29 is 9.47 Å². The number of nitrogens with one attached hydrogen (secondary N) is 1. The lowest BCUT2D eigenvalue weighted by molar-refractivity contribution is 0.199. The zero-order chi connectivity index (χ0) is 14.2. The molecule has 0 fully saturated rings. The summed E-state index contributed by atoms with van der Waals surface area (Å²) in [5, 5.41) is 4.30. The SMILES string of the molecule is COCCNCc1ccc(OCc2cnc(C)s2)cn1. The molecule has 0 atom stereocenters. The summed E-state index contributed by atoms with van der Waals surface area (Å²) in [7, 11) is 1.69. The Labute approximate surface area is 123 Å². The smallest absolute Gasteiger partial charge is 0.138 e. The number of aryl methyl sites for hydroxylation is 1. The van der Waals surface area contributed by atoms with E-state index in [0.29, 0.717) is 13.2 Å². The van der Waals surface area contributed by atoms with E-state index in [1.807, 2.05) is 25.3 Å². The van der Waals surface area contributed by atoms with Gasteiger partial charge in [-0.3, -0.25) is 4.98 Å². The zero-order valence-corrected chi connectivity index (χ0v) is 12.6. The van der Waals surface area contributed by atoms with Gasteiger partial charge in [-0.05, 0) is 19.1 Å². The molecule has 2 rings (SSSR count). The average molecular weight is 293 g/mol. The second-order valence-corrected chi connectivity index (χ2v) is 5.61. The standard InChI is InChI=1S/C14H19N3O2S/c1-11-16-9-14(20-11)10-19-13-4-3-12(17-8-13)7-15-5-6-18-2/h3-4,8-9,15H,5-7,10H2,1-2H3. The fourth-order valence-electron chi connectivity index (χ4n) is 1.62. The Balaban J connectivity index is 1.76. The van der Waals surface area contributed by atoms with Crippen molar-refractivity contribution in [3.05, 3.63) is 40.1 Å². The van der Waals surface area contributed by atoms with E-state index >= 15 is 0 Å². The first-order chi connectivity index (χ1) is 9.78. The molecule has 108 valence electrons. The lowest BCUT2D eigenvalue weighted by Gasteiger charge is -2.06. The van der Waals surface area contributed by atoms with Gasteiger partial charge in [0.2, 0.25) is 0 Å². The minimum Gasteiger partial charge on any atom is -0.486 e. The van der Waals surface area contributed by atoms with E-state index < -0.39 is 0 Å². The first-order valence-corrected chi connectivity index (χ1v) is 7.28. The Bertz CT molecular complexity index is 513. The van der Waals surface area contributed by atoms with Crippen molar-refractivity contribution in [1.82, 2.24) is 15.3 Å². The summed E-state index contributed by atoms with van der Waals surface area (Å²) in [5.41, 5.74) is 0.988. The van der Waals surface area contributed by atoms with Crippen LogP contribution in [0.3, 0.4) is 0 Å². The van der Waals surface area contributed by atoms with Crippen LogP contribution in [0, 0.1) is 6.92 Å². The van der Waals surface area contributed by atoms with Gasteiger partial charge >= 0.3 is 0 Å². The minimum absolute atomic E-state index is 0.540. The van der Waals surface area contributed by atoms with Gasteiger partial charge in [0, 0.05) is 26.4 Å². The van der Waals surface area contributed by atoms with Gasteiger partial charge < -0.3 is 14.8 Å². The minimum atomic E-state index is 0.540. The first-order valence-electron chi connectivity index (χ1n) is 6.46. The van der Waals surface area contributed by atoms with E-state index in [4.69, 9.17) is 9.47 Å². The van der Waals surface area contributed by atoms with E-state index in [0.717, 1.165) is 34.4 Å². The second-order valence-electron chi connectivity index (χ2n) is 4.29. The van der Waals surface area contributed by atoms with Crippen molar-refractivity contribution in [2.75, 3.05) is 20.3 Å². The number of thiazole rings is 1. The summed E-state index contributed by atoms with van der Waals surface area (Å²) < 4.78 is 10.6. The van der Waals surface area contributed by atoms with Crippen molar-refractivity contribution in [2.45, 2.75) is 20.1 Å². The number of hydrogen-bond acceptors (Lipinski definition) is 6. The molecule has 0 radical (unpaired) electrons. The molecule has 1 N–H and O–H groups in total. The topological polar surface area (TPSA) is 56.3 Å². The van der Waals surface area contributed by atoms with E-state index in [1.54, 1.807) is 24.6 Å². The van der Waals surface area contributed by atoms with E-state index in [1.165, 1.54) is 0 Å². The van der Waals surface area contributed by atoms with Crippen LogP contribution >= 0.6 is 11.3 Å². The van der Waals surface area contributed by atoms with Crippen LogP contribution in [0.4, 0.5) is 0 Å². The van der Waals surface area contributed by atoms with Crippen molar-refractivity contribution in [3.8, 4) is 5.75 Å². The highest BCUT2D eigenvalue weighted by Crippen LogP contribution is 2.16. The van der Waals surface area contributed by atoms with Crippen LogP contribution in [-0.4, -0.2) is 30.2 Å². The zero-order valence-electron chi connectivity index (χ0n) is 11.8. The molecule has 0 aliphatic carbocycles. The average Bonchev–Trinajstić information content (AvgIpc) is 2.88. The lowest BCUT2D eigenvalue weighted by Crippen LogP contribution is -2.19. The third-order valence-corrected chi connectivity index (χ3v) is 3.52. The number of ether oxygens (including phenoxy) is 2. The molecule has 0 saturated carbocycles. The molecular weight excluding hydrogens is 274 g/mol. The molecule has 0 unspecified atom stereocenters. The molecule has 2 aromatic heterocycles. The number of nitrogens with zero attached hydrogens (tertiary/aromatic N) is 2. The maximum atomic E-state index is 5.67. The van der Waals surface area contributed by atoms with Crippen molar-refractivity contribution >= 4 is 11.3 Å². The van der Waals surface area contributed by atoms with E-state index in [9.17, 15) is 0 Å². The molecular formula is C14H19N3O2S. The Morgan fingerprint density at radius 3 is 2.80 bits per heavy atom. The number of aromatic nitrogens is 2. The molecule has 0 bridgehead atoms. The quantitative estimate of drug-likeness (QED) is 0.756. The molecule has 0 aliphatic heterocycles. The molecule has 0 amide bonds. The number of rotatable bonds is 8. The lowest BCUT2D eigenvalue weighted by atomic mass is 10.3. The summed E-state index contributed by atoms with van der Waals surface area (Å²) in [6.07, 6.45) is 3.60. The second kappa shape index (κ2) is 7.94. The highest BCUT2D eigenvalue weighted by atomic mass is 32.1. The molecule has 0 aromatic carbocycles. The third-order valence-electron chi connectivity index (χ3n) is 2.64. The van der Waals surface area contributed by atoms with Gasteiger partial charge in [-0.25, -0.2) is 4.98 Å². The molecule has 2 aromatic rings. The summed E-state index contributed by atoms with van der Waals surface area (Å²) in [4.78, 5) is 9.67. The highest BCUT2D eigenvalue weighted by Gasteiger charge is 2.01. The molecule has 20 heavy (non-hydrogen) atoms. The van der Waals surface area contributed by atoms with Crippen LogP contribution in [0.25, 0.3) is 0 Å². The Morgan fingerprint density at radius 2 is 2.15 bits per heavy atom. The molecule has 5 nitrogen and oxygen atoms in total. The van der Waals surface area contributed by atoms with Crippen LogP contribution in [0.1, 0.15) is 15.6 Å². The van der Waals surface area contributed by atoms with Gasteiger partial charge in [0.1, 0.15) is 12.4 Å².